The molecule has 1 amide bonds. The summed E-state index contributed by atoms with van der Waals surface area (Å²) in [6.07, 6.45) is 0.899. The van der Waals surface area contributed by atoms with Gasteiger partial charge in [0.1, 0.15) is 16.4 Å². The van der Waals surface area contributed by atoms with Crippen LogP contribution >= 0.6 is 0 Å². The molecule has 0 saturated heterocycles. The molecule has 0 atom stereocenters. The van der Waals surface area contributed by atoms with Gasteiger partial charge in [-0.15, -0.1) is 0 Å². The van der Waals surface area contributed by atoms with E-state index in [0.717, 1.165) is 6.26 Å². The number of amides is 1. The van der Waals surface area contributed by atoms with Crippen LogP contribution in [0.1, 0.15) is 6.42 Å². The molecular weight excluding hydrogens is 210 g/mol. The van der Waals surface area contributed by atoms with Crippen molar-refractivity contribution in [2.24, 2.45) is 0 Å². The molecule has 1 N–H and O–H groups in total. The van der Waals surface area contributed by atoms with E-state index in [2.05, 4.69) is 10.1 Å². The van der Waals surface area contributed by atoms with Gasteiger partial charge in [-0.25, -0.2) is 8.42 Å². The minimum atomic E-state index is -3.14. The van der Waals surface area contributed by atoms with Crippen molar-refractivity contribution in [2.45, 2.75) is 6.42 Å². The summed E-state index contributed by atoms with van der Waals surface area (Å²) < 4.78 is 25.6. The summed E-state index contributed by atoms with van der Waals surface area (Å²) in [7, 11) is -1.94. The lowest BCUT2D eigenvalue weighted by Gasteiger charge is -2.02. The quantitative estimate of drug-likeness (QED) is 0.586. The van der Waals surface area contributed by atoms with Crippen molar-refractivity contribution in [3.63, 3.8) is 0 Å². The number of rotatable bonds is 5. The first-order valence-electron chi connectivity index (χ1n) is 3.86. The standard InChI is InChI=1S/C7H13NO5S/c1-13-7(10)5-8-6(9)3-4-14(2,11)12/h3-5H2,1-2H3,(H,8,9). The number of ether oxygens (including phenoxy) is 1. The van der Waals surface area contributed by atoms with Gasteiger partial charge in [-0.1, -0.05) is 0 Å². The topological polar surface area (TPSA) is 89.5 Å². The Bertz CT molecular complexity index is 308. The minimum absolute atomic E-state index is 0.143. The fraction of sp³-hybridized carbons (Fsp3) is 0.714. The second-order valence-corrected chi connectivity index (χ2v) is 4.99. The Morgan fingerprint density at radius 2 is 1.93 bits per heavy atom. The number of hydrogen-bond donors (Lipinski definition) is 1. The number of sulfone groups is 1. The molecule has 0 aliphatic rings. The maximum atomic E-state index is 10.9. The van der Waals surface area contributed by atoms with Crippen molar-refractivity contribution in [2.75, 3.05) is 25.7 Å². The van der Waals surface area contributed by atoms with Crippen LogP contribution in [0.4, 0.5) is 0 Å². The molecule has 0 aromatic heterocycles. The van der Waals surface area contributed by atoms with Gasteiger partial charge in [0.15, 0.2) is 0 Å². The van der Waals surface area contributed by atoms with Crippen LogP contribution in [0.3, 0.4) is 0 Å². The zero-order valence-corrected chi connectivity index (χ0v) is 8.89. The van der Waals surface area contributed by atoms with E-state index in [-0.39, 0.29) is 18.7 Å². The molecule has 0 bridgehead atoms. The summed E-state index contributed by atoms with van der Waals surface area (Å²) in [5.74, 6) is -1.28. The fourth-order valence-corrected chi connectivity index (χ4v) is 1.17. The van der Waals surface area contributed by atoms with Crippen molar-refractivity contribution in [1.29, 1.82) is 0 Å². The lowest BCUT2D eigenvalue weighted by atomic mass is 10.4. The SMILES string of the molecule is COC(=O)CNC(=O)CCS(C)(=O)=O. The van der Waals surface area contributed by atoms with E-state index in [4.69, 9.17) is 0 Å². The van der Waals surface area contributed by atoms with Gasteiger partial charge in [0, 0.05) is 12.7 Å². The highest BCUT2D eigenvalue weighted by Crippen LogP contribution is 1.88. The first-order chi connectivity index (χ1) is 6.35. The number of carbonyl (C=O) groups excluding carboxylic acids is 2. The van der Waals surface area contributed by atoms with Crippen LogP contribution < -0.4 is 5.32 Å². The largest absolute Gasteiger partial charge is 0.468 e. The molecule has 0 saturated carbocycles. The molecule has 6 nitrogen and oxygen atoms in total. The Balaban J connectivity index is 3.73. The van der Waals surface area contributed by atoms with E-state index >= 15 is 0 Å². The van der Waals surface area contributed by atoms with Gasteiger partial charge in [-0.3, -0.25) is 9.59 Å². The molecule has 7 heteroatoms. The molecule has 14 heavy (non-hydrogen) atoms. The summed E-state index contributed by atoms with van der Waals surface area (Å²) >= 11 is 0. The number of hydrogen-bond acceptors (Lipinski definition) is 5. The van der Waals surface area contributed by atoms with E-state index in [1.54, 1.807) is 0 Å². The zero-order chi connectivity index (χ0) is 11.2. The molecular formula is C7H13NO5S. The highest BCUT2D eigenvalue weighted by Gasteiger charge is 2.08. The van der Waals surface area contributed by atoms with E-state index in [1.807, 2.05) is 0 Å². The lowest BCUT2D eigenvalue weighted by Crippen LogP contribution is -2.31. The third-order valence-electron chi connectivity index (χ3n) is 1.36. The second-order valence-electron chi connectivity index (χ2n) is 2.73. The first kappa shape index (κ1) is 12.9. The summed E-state index contributed by atoms with van der Waals surface area (Å²) in [4.78, 5) is 21.5. The Morgan fingerprint density at radius 1 is 1.36 bits per heavy atom. The Hall–Kier alpha value is -1.11. The summed E-state index contributed by atoms with van der Waals surface area (Å²) in [6.45, 7) is -0.237. The molecule has 0 aliphatic heterocycles. The van der Waals surface area contributed by atoms with E-state index < -0.39 is 21.7 Å². The number of carbonyl (C=O) groups is 2. The second kappa shape index (κ2) is 5.58. The molecule has 0 aliphatic carbocycles. The van der Waals surface area contributed by atoms with Crippen molar-refractivity contribution < 1.29 is 22.7 Å². The number of nitrogens with one attached hydrogen (secondary N) is 1. The van der Waals surface area contributed by atoms with Gasteiger partial charge >= 0.3 is 5.97 Å². The maximum Gasteiger partial charge on any atom is 0.325 e. The molecule has 0 unspecified atom stereocenters. The van der Waals surface area contributed by atoms with Gasteiger partial charge in [0.05, 0.1) is 12.9 Å². The lowest BCUT2D eigenvalue weighted by molar-refractivity contribution is -0.141. The van der Waals surface area contributed by atoms with Gasteiger partial charge in [-0.2, -0.15) is 0 Å². The third-order valence-corrected chi connectivity index (χ3v) is 2.30. The highest BCUT2D eigenvalue weighted by atomic mass is 32.2. The van der Waals surface area contributed by atoms with Crippen LogP contribution in [-0.4, -0.2) is 46.0 Å². The van der Waals surface area contributed by atoms with Crippen LogP contribution in [0.5, 0.6) is 0 Å². The van der Waals surface area contributed by atoms with Gasteiger partial charge in [0.2, 0.25) is 5.91 Å². The predicted molar refractivity (Wildman–Crippen MR) is 49.4 cm³/mol. The minimum Gasteiger partial charge on any atom is -0.468 e. The van der Waals surface area contributed by atoms with Crippen LogP contribution in [0.2, 0.25) is 0 Å². The predicted octanol–water partition coefficient (Wildman–Crippen LogP) is -1.29. The van der Waals surface area contributed by atoms with Crippen molar-refractivity contribution in [1.82, 2.24) is 5.32 Å². The monoisotopic (exact) mass is 223 g/mol. The molecule has 0 radical (unpaired) electrons. The normalized spacial score (nSPS) is 10.7. The molecule has 0 aromatic carbocycles. The van der Waals surface area contributed by atoms with Crippen LogP contribution in [-0.2, 0) is 24.2 Å². The van der Waals surface area contributed by atoms with Crippen LogP contribution in [0.15, 0.2) is 0 Å². The fourth-order valence-electron chi connectivity index (χ4n) is 0.609. The summed E-state index contributed by atoms with van der Waals surface area (Å²) in [5.41, 5.74) is 0. The highest BCUT2D eigenvalue weighted by molar-refractivity contribution is 7.90. The van der Waals surface area contributed by atoms with Crippen molar-refractivity contribution in [3.8, 4) is 0 Å². The molecule has 0 heterocycles. The Labute approximate surface area is 82.5 Å². The van der Waals surface area contributed by atoms with Crippen molar-refractivity contribution in [3.05, 3.63) is 0 Å². The number of esters is 1. The van der Waals surface area contributed by atoms with Crippen molar-refractivity contribution >= 4 is 21.7 Å². The van der Waals surface area contributed by atoms with Gasteiger partial charge < -0.3 is 10.1 Å². The molecule has 82 valence electrons. The van der Waals surface area contributed by atoms with Gasteiger partial charge in [-0.05, 0) is 0 Å². The van der Waals surface area contributed by atoms with Gasteiger partial charge in [0.25, 0.3) is 0 Å². The van der Waals surface area contributed by atoms with Crippen LogP contribution in [0.25, 0.3) is 0 Å². The summed E-state index contributed by atoms with van der Waals surface area (Å²) in [5, 5.41) is 2.23. The molecule has 0 rings (SSSR count). The van der Waals surface area contributed by atoms with Crippen LogP contribution in [0, 0.1) is 0 Å². The maximum absolute atomic E-state index is 10.9. The third kappa shape index (κ3) is 7.53. The van der Waals surface area contributed by atoms with E-state index in [9.17, 15) is 18.0 Å². The average molecular weight is 223 g/mol. The molecule has 0 spiro atoms. The smallest absolute Gasteiger partial charge is 0.325 e. The Kier molecular flexibility index (Phi) is 5.14. The zero-order valence-electron chi connectivity index (χ0n) is 8.07. The average Bonchev–Trinajstić information content (AvgIpc) is 2.09. The molecule has 0 fully saturated rings. The summed E-state index contributed by atoms with van der Waals surface area (Å²) in [6, 6.07) is 0. The van der Waals surface area contributed by atoms with E-state index in [1.165, 1.54) is 7.11 Å². The molecule has 0 aromatic rings. The van der Waals surface area contributed by atoms with E-state index in [0.29, 0.717) is 0 Å². The number of methoxy groups -OCH3 is 1. The first-order valence-corrected chi connectivity index (χ1v) is 5.92. The Morgan fingerprint density at radius 3 is 2.36 bits per heavy atom.